The molecule has 5 nitrogen and oxygen atoms in total. The Kier molecular flexibility index (Phi) is 2.72. The third-order valence-electron chi connectivity index (χ3n) is 3.66. The van der Waals surface area contributed by atoms with Crippen LogP contribution in [0.1, 0.15) is 33.1 Å². The summed E-state index contributed by atoms with van der Waals surface area (Å²) in [5, 5.41) is 13.0. The molecule has 4 N–H and O–H groups in total. The molecule has 1 heterocycles. The zero-order valence-corrected chi connectivity index (χ0v) is 9.82. The molecule has 2 rings (SSSR count). The van der Waals surface area contributed by atoms with Crippen molar-refractivity contribution >= 4 is 5.97 Å². The van der Waals surface area contributed by atoms with Crippen molar-refractivity contribution in [2.24, 2.45) is 5.73 Å². The normalized spacial score (nSPS) is 41.5. The van der Waals surface area contributed by atoms with Gasteiger partial charge < -0.3 is 20.9 Å². The van der Waals surface area contributed by atoms with Gasteiger partial charge in [0, 0.05) is 12.6 Å². The highest BCUT2D eigenvalue weighted by Crippen LogP contribution is 2.33. The summed E-state index contributed by atoms with van der Waals surface area (Å²) in [4.78, 5) is 11.9. The summed E-state index contributed by atoms with van der Waals surface area (Å²) in [6.07, 6.45) is 1.86. The van der Waals surface area contributed by atoms with Crippen LogP contribution in [0.25, 0.3) is 0 Å². The molecule has 0 bridgehead atoms. The maximum atomic E-state index is 11.9. The van der Waals surface area contributed by atoms with Gasteiger partial charge in [0.05, 0.1) is 5.60 Å². The van der Waals surface area contributed by atoms with E-state index in [1.54, 1.807) is 13.8 Å². The first-order valence-electron chi connectivity index (χ1n) is 5.80. The van der Waals surface area contributed by atoms with E-state index in [-0.39, 0.29) is 6.04 Å². The molecule has 0 aromatic rings. The van der Waals surface area contributed by atoms with E-state index in [1.165, 1.54) is 0 Å². The molecular weight excluding hydrogens is 208 g/mol. The standard InChI is InChI=1S/C11H20N2O3/c1-10(15)5-3-4-8(10)16-9(14)11(2,12)7-6-13-7/h7-8,13,15H,3-6,12H2,1-2H3. The van der Waals surface area contributed by atoms with E-state index in [4.69, 9.17) is 10.5 Å². The van der Waals surface area contributed by atoms with Crippen molar-refractivity contribution in [1.82, 2.24) is 5.32 Å². The number of carbonyl (C=O) groups excluding carboxylic acids is 1. The van der Waals surface area contributed by atoms with Crippen LogP contribution >= 0.6 is 0 Å². The van der Waals surface area contributed by atoms with Crippen LogP contribution in [-0.2, 0) is 9.53 Å². The topological polar surface area (TPSA) is 94.5 Å². The molecule has 1 saturated carbocycles. The van der Waals surface area contributed by atoms with E-state index in [0.29, 0.717) is 12.8 Å². The Labute approximate surface area is 95.3 Å². The van der Waals surface area contributed by atoms with Gasteiger partial charge in [-0.25, -0.2) is 4.79 Å². The average Bonchev–Trinajstić information content (AvgIpc) is 2.95. The molecule has 0 amide bonds. The second-order valence-electron chi connectivity index (χ2n) is 5.39. The molecule has 0 aromatic carbocycles. The van der Waals surface area contributed by atoms with Crippen LogP contribution in [0.15, 0.2) is 0 Å². The van der Waals surface area contributed by atoms with Crippen LogP contribution in [0, 0.1) is 0 Å². The average molecular weight is 228 g/mol. The molecule has 0 aromatic heterocycles. The first kappa shape index (κ1) is 11.8. The summed E-state index contributed by atoms with van der Waals surface area (Å²) >= 11 is 0. The number of nitrogens with one attached hydrogen (secondary N) is 1. The maximum Gasteiger partial charge on any atom is 0.327 e. The van der Waals surface area contributed by atoms with E-state index in [1.807, 2.05) is 0 Å². The summed E-state index contributed by atoms with van der Waals surface area (Å²) in [5.41, 5.74) is 4.03. The molecule has 0 radical (unpaired) electrons. The summed E-state index contributed by atoms with van der Waals surface area (Å²) in [7, 11) is 0. The molecule has 92 valence electrons. The Hall–Kier alpha value is -0.650. The predicted molar refractivity (Wildman–Crippen MR) is 58.7 cm³/mol. The van der Waals surface area contributed by atoms with Crippen molar-refractivity contribution < 1.29 is 14.6 Å². The lowest BCUT2D eigenvalue weighted by molar-refractivity contribution is -0.165. The van der Waals surface area contributed by atoms with E-state index in [0.717, 1.165) is 13.0 Å². The van der Waals surface area contributed by atoms with Crippen molar-refractivity contribution in [3.05, 3.63) is 0 Å². The van der Waals surface area contributed by atoms with Gasteiger partial charge in [-0.3, -0.25) is 0 Å². The second-order valence-corrected chi connectivity index (χ2v) is 5.39. The van der Waals surface area contributed by atoms with E-state index in [2.05, 4.69) is 5.32 Å². The number of carbonyl (C=O) groups is 1. The van der Waals surface area contributed by atoms with Crippen LogP contribution in [0.2, 0.25) is 0 Å². The lowest BCUT2D eigenvalue weighted by atomic mass is 9.98. The number of aliphatic hydroxyl groups is 1. The lowest BCUT2D eigenvalue weighted by Crippen LogP contribution is -2.54. The van der Waals surface area contributed by atoms with Gasteiger partial charge in [-0.2, -0.15) is 0 Å². The lowest BCUT2D eigenvalue weighted by Gasteiger charge is -2.29. The van der Waals surface area contributed by atoms with Crippen molar-refractivity contribution in [3.63, 3.8) is 0 Å². The van der Waals surface area contributed by atoms with Gasteiger partial charge in [-0.05, 0) is 33.1 Å². The largest absolute Gasteiger partial charge is 0.458 e. The fraction of sp³-hybridized carbons (Fsp3) is 0.909. The molecule has 0 spiro atoms. The highest BCUT2D eigenvalue weighted by Gasteiger charge is 2.48. The van der Waals surface area contributed by atoms with Gasteiger partial charge in [0.25, 0.3) is 0 Å². The molecule has 2 fully saturated rings. The highest BCUT2D eigenvalue weighted by molar-refractivity contribution is 5.82. The van der Waals surface area contributed by atoms with E-state index >= 15 is 0 Å². The van der Waals surface area contributed by atoms with Crippen molar-refractivity contribution in [1.29, 1.82) is 0 Å². The summed E-state index contributed by atoms with van der Waals surface area (Å²) in [6.45, 7) is 4.13. The molecule has 1 aliphatic carbocycles. The van der Waals surface area contributed by atoms with Gasteiger partial charge in [-0.1, -0.05) is 0 Å². The van der Waals surface area contributed by atoms with Gasteiger partial charge in [0.1, 0.15) is 11.6 Å². The van der Waals surface area contributed by atoms with E-state index < -0.39 is 23.2 Å². The fourth-order valence-corrected chi connectivity index (χ4v) is 2.18. The molecule has 16 heavy (non-hydrogen) atoms. The summed E-state index contributed by atoms with van der Waals surface area (Å²) < 4.78 is 5.34. The van der Waals surface area contributed by atoms with Crippen LogP contribution in [0.5, 0.6) is 0 Å². The third kappa shape index (κ3) is 2.07. The molecule has 4 unspecified atom stereocenters. The molecule has 2 aliphatic rings. The number of esters is 1. The smallest absolute Gasteiger partial charge is 0.327 e. The molecule has 1 saturated heterocycles. The Morgan fingerprint density at radius 3 is 2.75 bits per heavy atom. The predicted octanol–water partition coefficient (Wildman–Crippen LogP) is -0.478. The van der Waals surface area contributed by atoms with Crippen LogP contribution in [-0.4, -0.2) is 40.9 Å². The fourth-order valence-electron chi connectivity index (χ4n) is 2.18. The first-order chi connectivity index (χ1) is 7.34. The Morgan fingerprint density at radius 2 is 2.31 bits per heavy atom. The Morgan fingerprint density at radius 1 is 1.69 bits per heavy atom. The summed E-state index contributed by atoms with van der Waals surface area (Å²) in [6, 6.07) is 0.00588. The molecule has 1 aliphatic heterocycles. The Bertz CT molecular complexity index is 298. The van der Waals surface area contributed by atoms with Gasteiger partial charge in [0.15, 0.2) is 0 Å². The third-order valence-corrected chi connectivity index (χ3v) is 3.66. The van der Waals surface area contributed by atoms with Crippen molar-refractivity contribution in [3.8, 4) is 0 Å². The van der Waals surface area contributed by atoms with Crippen LogP contribution in [0.4, 0.5) is 0 Å². The zero-order valence-electron chi connectivity index (χ0n) is 9.82. The molecule has 4 atom stereocenters. The SMILES string of the molecule is CC1(O)CCCC1OC(=O)C(C)(N)C1CN1. The quantitative estimate of drug-likeness (QED) is 0.448. The summed E-state index contributed by atoms with van der Waals surface area (Å²) in [5.74, 6) is -0.422. The first-order valence-corrected chi connectivity index (χ1v) is 5.80. The minimum absolute atomic E-state index is 0.00588. The van der Waals surface area contributed by atoms with Crippen LogP contribution in [0.3, 0.4) is 0 Å². The molecular formula is C11H20N2O3. The number of hydrogen-bond donors (Lipinski definition) is 3. The van der Waals surface area contributed by atoms with E-state index in [9.17, 15) is 9.90 Å². The number of rotatable bonds is 3. The van der Waals surface area contributed by atoms with Crippen molar-refractivity contribution in [2.75, 3.05) is 6.54 Å². The number of nitrogens with two attached hydrogens (primary N) is 1. The highest BCUT2D eigenvalue weighted by atomic mass is 16.6. The van der Waals surface area contributed by atoms with Gasteiger partial charge in [0.2, 0.25) is 0 Å². The molecule has 5 heteroatoms. The maximum absolute atomic E-state index is 11.9. The number of ether oxygens (including phenoxy) is 1. The zero-order chi connectivity index (χ0) is 12.0. The second kappa shape index (κ2) is 3.68. The monoisotopic (exact) mass is 228 g/mol. The number of hydrogen-bond acceptors (Lipinski definition) is 5. The minimum Gasteiger partial charge on any atom is -0.458 e. The van der Waals surface area contributed by atoms with Gasteiger partial charge in [-0.15, -0.1) is 0 Å². The van der Waals surface area contributed by atoms with Crippen molar-refractivity contribution in [2.45, 2.75) is 56.4 Å². The Balaban J connectivity index is 1.96. The van der Waals surface area contributed by atoms with Gasteiger partial charge >= 0.3 is 5.97 Å². The minimum atomic E-state index is -0.987. The van der Waals surface area contributed by atoms with Crippen LogP contribution < -0.4 is 11.1 Å².